The van der Waals surface area contributed by atoms with Gasteiger partial charge in [-0.05, 0) is 12.1 Å². The molecule has 0 aliphatic heterocycles. The van der Waals surface area contributed by atoms with Crippen LogP contribution < -0.4 is 11.5 Å². The van der Waals surface area contributed by atoms with Crippen LogP contribution in [-0.2, 0) is 0 Å². The van der Waals surface area contributed by atoms with Crippen molar-refractivity contribution in [3.05, 3.63) is 23.6 Å². The molecule has 0 atom stereocenters. The predicted molar refractivity (Wildman–Crippen MR) is 58.0 cm³/mol. The van der Waals surface area contributed by atoms with Gasteiger partial charge < -0.3 is 16.6 Å². The van der Waals surface area contributed by atoms with E-state index in [0.717, 1.165) is 0 Å². The van der Waals surface area contributed by atoms with Gasteiger partial charge in [0.25, 0.3) is 0 Å². The number of aromatic hydroxyl groups is 1. The molecule has 14 heavy (non-hydrogen) atoms. The summed E-state index contributed by atoms with van der Waals surface area (Å²) in [6.45, 7) is 0. The van der Waals surface area contributed by atoms with E-state index >= 15 is 0 Å². The van der Waals surface area contributed by atoms with E-state index in [4.69, 9.17) is 11.5 Å². The number of benzene rings is 1. The first-order valence-corrected chi connectivity index (χ1v) is 4.84. The van der Waals surface area contributed by atoms with Crippen molar-refractivity contribution < 1.29 is 5.11 Å². The molecule has 1 aromatic carbocycles. The van der Waals surface area contributed by atoms with Gasteiger partial charge in [0.1, 0.15) is 5.75 Å². The maximum absolute atomic E-state index is 9.60. The molecule has 0 aliphatic rings. The molecule has 4 nitrogen and oxygen atoms in total. The van der Waals surface area contributed by atoms with Gasteiger partial charge in [-0.2, -0.15) is 0 Å². The lowest BCUT2D eigenvalue weighted by Crippen LogP contribution is -1.86. The van der Waals surface area contributed by atoms with Crippen LogP contribution in [0.15, 0.2) is 23.6 Å². The Kier molecular flexibility index (Phi) is 2.01. The summed E-state index contributed by atoms with van der Waals surface area (Å²) in [5.41, 5.74) is 12.8. The van der Waals surface area contributed by atoms with Gasteiger partial charge in [0.05, 0.1) is 5.69 Å². The molecular formula is C9H9N3OS. The van der Waals surface area contributed by atoms with E-state index in [1.165, 1.54) is 17.4 Å². The molecule has 0 radical (unpaired) electrons. The van der Waals surface area contributed by atoms with Crippen molar-refractivity contribution in [2.45, 2.75) is 0 Å². The quantitative estimate of drug-likeness (QED) is 0.621. The second-order valence-electron chi connectivity index (χ2n) is 2.85. The highest BCUT2D eigenvalue weighted by Gasteiger charge is 2.07. The minimum absolute atomic E-state index is 0.121. The molecule has 5 N–H and O–H groups in total. The number of aromatic nitrogens is 1. The lowest BCUT2D eigenvalue weighted by Gasteiger charge is -2.01. The van der Waals surface area contributed by atoms with E-state index in [-0.39, 0.29) is 5.75 Å². The van der Waals surface area contributed by atoms with E-state index in [1.807, 2.05) is 0 Å². The van der Waals surface area contributed by atoms with Crippen LogP contribution in [0, 0.1) is 0 Å². The Morgan fingerprint density at radius 2 is 2.07 bits per heavy atom. The molecule has 1 aromatic heterocycles. The maximum atomic E-state index is 9.60. The number of thiazole rings is 1. The third kappa shape index (κ3) is 1.49. The third-order valence-corrected chi connectivity index (χ3v) is 2.49. The standard InChI is InChI=1S/C9H9N3OS/c10-5-1-2-6(8(13)3-5)7-4-14-9(11)12-7/h1-4,13H,10H2,(H2,11,12). The molecule has 0 unspecified atom stereocenters. The van der Waals surface area contributed by atoms with Gasteiger partial charge in [0.2, 0.25) is 0 Å². The molecule has 2 rings (SSSR count). The van der Waals surface area contributed by atoms with Crippen molar-refractivity contribution in [2.75, 3.05) is 11.5 Å². The molecule has 0 saturated carbocycles. The summed E-state index contributed by atoms with van der Waals surface area (Å²) in [5, 5.41) is 11.9. The summed E-state index contributed by atoms with van der Waals surface area (Å²) in [4.78, 5) is 4.07. The summed E-state index contributed by atoms with van der Waals surface area (Å²) in [5.74, 6) is 0.121. The number of hydrogen-bond donors (Lipinski definition) is 3. The fourth-order valence-corrected chi connectivity index (χ4v) is 1.74. The molecule has 2 aromatic rings. The van der Waals surface area contributed by atoms with E-state index in [1.54, 1.807) is 17.5 Å². The lowest BCUT2D eigenvalue weighted by molar-refractivity contribution is 0.477. The van der Waals surface area contributed by atoms with Crippen molar-refractivity contribution >= 4 is 22.2 Å². The Bertz CT molecular complexity index is 467. The zero-order valence-corrected chi connectivity index (χ0v) is 8.08. The van der Waals surface area contributed by atoms with Gasteiger partial charge in [-0.1, -0.05) is 0 Å². The molecule has 0 saturated heterocycles. The topological polar surface area (TPSA) is 85.2 Å². The Hall–Kier alpha value is -1.75. The summed E-state index contributed by atoms with van der Waals surface area (Å²) in [7, 11) is 0. The van der Waals surface area contributed by atoms with Crippen molar-refractivity contribution in [2.24, 2.45) is 0 Å². The number of nitrogen functional groups attached to an aromatic ring is 2. The van der Waals surface area contributed by atoms with E-state index < -0.39 is 0 Å². The molecule has 0 bridgehead atoms. The summed E-state index contributed by atoms with van der Waals surface area (Å²) in [6, 6.07) is 4.93. The van der Waals surface area contributed by atoms with Crippen LogP contribution in [-0.4, -0.2) is 10.1 Å². The Morgan fingerprint density at radius 3 is 2.64 bits per heavy atom. The SMILES string of the molecule is Nc1ccc(-c2csc(N)n2)c(O)c1. The van der Waals surface area contributed by atoms with Gasteiger partial charge in [-0.25, -0.2) is 4.98 Å². The van der Waals surface area contributed by atoms with Crippen LogP contribution in [0.2, 0.25) is 0 Å². The zero-order valence-electron chi connectivity index (χ0n) is 7.27. The van der Waals surface area contributed by atoms with Crippen LogP contribution in [0.5, 0.6) is 5.75 Å². The molecule has 0 aliphatic carbocycles. The molecule has 5 heteroatoms. The predicted octanol–water partition coefficient (Wildman–Crippen LogP) is 1.68. The highest BCUT2D eigenvalue weighted by Crippen LogP contribution is 2.31. The highest BCUT2D eigenvalue weighted by atomic mass is 32.1. The Labute approximate surface area is 84.8 Å². The van der Waals surface area contributed by atoms with E-state index in [2.05, 4.69) is 4.98 Å². The minimum atomic E-state index is 0.121. The number of hydrogen-bond acceptors (Lipinski definition) is 5. The average Bonchev–Trinajstić information content (AvgIpc) is 2.51. The van der Waals surface area contributed by atoms with Crippen molar-refractivity contribution in [1.29, 1.82) is 0 Å². The lowest BCUT2D eigenvalue weighted by atomic mass is 10.1. The molecule has 72 valence electrons. The summed E-state index contributed by atoms with van der Waals surface area (Å²) >= 11 is 1.34. The Balaban J connectivity index is 2.52. The molecule has 0 spiro atoms. The van der Waals surface area contributed by atoms with Crippen LogP contribution >= 0.6 is 11.3 Å². The van der Waals surface area contributed by atoms with Crippen molar-refractivity contribution in [1.82, 2.24) is 4.98 Å². The minimum Gasteiger partial charge on any atom is -0.507 e. The number of phenols is 1. The zero-order chi connectivity index (χ0) is 10.1. The van der Waals surface area contributed by atoms with Gasteiger partial charge in [0.15, 0.2) is 5.13 Å². The highest BCUT2D eigenvalue weighted by molar-refractivity contribution is 7.13. The van der Waals surface area contributed by atoms with Gasteiger partial charge in [0, 0.05) is 22.7 Å². The number of phenolic OH excluding ortho intramolecular Hbond substituents is 1. The first-order chi connectivity index (χ1) is 6.66. The smallest absolute Gasteiger partial charge is 0.180 e. The number of nitrogens with zero attached hydrogens (tertiary/aromatic N) is 1. The number of rotatable bonds is 1. The third-order valence-electron chi connectivity index (χ3n) is 1.82. The molecular weight excluding hydrogens is 198 g/mol. The second-order valence-corrected chi connectivity index (χ2v) is 3.74. The summed E-state index contributed by atoms with van der Waals surface area (Å²) < 4.78 is 0. The average molecular weight is 207 g/mol. The first-order valence-electron chi connectivity index (χ1n) is 3.96. The largest absolute Gasteiger partial charge is 0.507 e. The van der Waals surface area contributed by atoms with Gasteiger partial charge in [-0.15, -0.1) is 11.3 Å². The fraction of sp³-hybridized carbons (Fsp3) is 0. The monoisotopic (exact) mass is 207 g/mol. The second kappa shape index (κ2) is 3.19. The number of anilines is 2. The number of nitrogens with two attached hydrogens (primary N) is 2. The van der Waals surface area contributed by atoms with E-state index in [9.17, 15) is 5.11 Å². The van der Waals surface area contributed by atoms with Crippen LogP contribution in [0.25, 0.3) is 11.3 Å². The van der Waals surface area contributed by atoms with Crippen LogP contribution in [0.1, 0.15) is 0 Å². The van der Waals surface area contributed by atoms with Crippen LogP contribution in [0.3, 0.4) is 0 Å². The first kappa shape index (κ1) is 8.83. The van der Waals surface area contributed by atoms with Gasteiger partial charge >= 0.3 is 0 Å². The normalized spacial score (nSPS) is 10.3. The summed E-state index contributed by atoms with van der Waals surface area (Å²) in [6.07, 6.45) is 0. The Morgan fingerprint density at radius 1 is 1.29 bits per heavy atom. The molecule has 0 amide bonds. The fourth-order valence-electron chi connectivity index (χ4n) is 1.18. The molecule has 1 heterocycles. The van der Waals surface area contributed by atoms with Gasteiger partial charge in [-0.3, -0.25) is 0 Å². The maximum Gasteiger partial charge on any atom is 0.180 e. The molecule has 0 fully saturated rings. The van der Waals surface area contributed by atoms with Crippen molar-refractivity contribution in [3.8, 4) is 17.0 Å². The van der Waals surface area contributed by atoms with Crippen molar-refractivity contribution in [3.63, 3.8) is 0 Å². The van der Waals surface area contributed by atoms with E-state index in [0.29, 0.717) is 22.1 Å². The van der Waals surface area contributed by atoms with Crippen LogP contribution in [0.4, 0.5) is 10.8 Å².